The minimum Gasteiger partial charge on any atom is -0.444 e. The number of halogens is 1. The number of nitrogens with one attached hydrogen (secondary N) is 2. The van der Waals surface area contributed by atoms with E-state index in [1.807, 2.05) is 12.1 Å². The monoisotopic (exact) mass is 390 g/mol. The van der Waals surface area contributed by atoms with E-state index in [0.29, 0.717) is 5.69 Å². The van der Waals surface area contributed by atoms with Crippen molar-refractivity contribution in [3.05, 3.63) is 27.8 Å². The molecule has 0 bridgehead atoms. The molecule has 0 aromatic heterocycles. The Bertz CT molecular complexity index is 480. The van der Waals surface area contributed by atoms with E-state index in [4.69, 9.17) is 4.74 Å². The maximum absolute atomic E-state index is 11.9. The summed E-state index contributed by atoms with van der Waals surface area (Å²) in [5.74, 6) is -0.294. The van der Waals surface area contributed by atoms with Gasteiger partial charge in [-0.15, -0.1) is 0 Å². The average Bonchev–Trinajstić information content (AvgIpc) is 2.29. The van der Waals surface area contributed by atoms with Gasteiger partial charge in [-0.3, -0.25) is 4.79 Å². The van der Waals surface area contributed by atoms with Crippen molar-refractivity contribution in [3.8, 4) is 0 Å². The lowest BCUT2D eigenvalue weighted by Gasteiger charge is -2.21. The average molecular weight is 390 g/mol. The van der Waals surface area contributed by atoms with Crippen LogP contribution in [0.25, 0.3) is 0 Å². The first-order valence-corrected chi connectivity index (χ1v) is 7.31. The van der Waals surface area contributed by atoms with Crippen LogP contribution in [-0.2, 0) is 9.53 Å². The Morgan fingerprint density at radius 1 is 1.20 bits per heavy atom. The molecule has 6 heteroatoms. The van der Waals surface area contributed by atoms with Crippen molar-refractivity contribution in [3.63, 3.8) is 0 Å². The summed E-state index contributed by atoms with van der Waals surface area (Å²) < 4.78 is 6.18. The zero-order valence-electron chi connectivity index (χ0n) is 12.0. The zero-order chi connectivity index (χ0) is 15.3. The highest BCUT2D eigenvalue weighted by Crippen LogP contribution is 2.11. The zero-order valence-corrected chi connectivity index (χ0v) is 14.1. The highest BCUT2D eigenvalue weighted by Gasteiger charge is 2.20. The molecule has 0 radical (unpaired) electrons. The number of rotatable bonds is 3. The minimum atomic E-state index is -0.677. The van der Waals surface area contributed by atoms with Crippen molar-refractivity contribution in [1.29, 1.82) is 0 Å². The topological polar surface area (TPSA) is 67.4 Å². The van der Waals surface area contributed by atoms with Crippen molar-refractivity contribution >= 4 is 40.3 Å². The van der Waals surface area contributed by atoms with E-state index >= 15 is 0 Å². The van der Waals surface area contributed by atoms with E-state index in [-0.39, 0.29) is 5.91 Å². The molecule has 0 heterocycles. The number of hydrogen-bond acceptors (Lipinski definition) is 3. The maximum Gasteiger partial charge on any atom is 0.408 e. The van der Waals surface area contributed by atoms with E-state index in [2.05, 4.69) is 33.2 Å². The van der Waals surface area contributed by atoms with Gasteiger partial charge in [0.05, 0.1) is 0 Å². The van der Waals surface area contributed by atoms with Gasteiger partial charge in [0.15, 0.2) is 0 Å². The van der Waals surface area contributed by atoms with E-state index in [9.17, 15) is 9.59 Å². The van der Waals surface area contributed by atoms with Gasteiger partial charge in [-0.05, 0) is 74.6 Å². The summed E-state index contributed by atoms with van der Waals surface area (Å²) in [6.07, 6.45) is -0.609. The predicted octanol–water partition coefficient (Wildman–Crippen LogP) is 3.14. The number of carbonyl (C=O) groups excluding carboxylic acids is 2. The van der Waals surface area contributed by atoms with Gasteiger partial charge in [0, 0.05) is 9.26 Å². The van der Waals surface area contributed by atoms with Crippen LogP contribution in [0.2, 0.25) is 0 Å². The molecule has 0 unspecified atom stereocenters. The van der Waals surface area contributed by atoms with Crippen LogP contribution in [0.4, 0.5) is 10.5 Å². The molecule has 2 N–H and O–H groups in total. The summed E-state index contributed by atoms with van der Waals surface area (Å²) >= 11 is 2.19. The van der Waals surface area contributed by atoms with Gasteiger partial charge >= 0.3 is 6.09 Å². The third-order valence-electron chi connectivity index (χ3n) is 2.24. The molecule has 1 aromatic rings. The molecule has 5 nitrogen and oxygen atoms in total. The Balaban J connectivity index is 2.51. The van der Waals surface area contributed by atoms with Crippen molar-refractivity contribution in [1.82, 2.24) is 5.32 Å². The Morgan fingerprint density at radius 3 is 2.25 bits per heavy atom. The number of carbonyl (C=O) groups is 2. The Morgan fingerprint density at radius 2 is 1.75 bits per heavy atom. The summed E-state index contributed by atoms with van der Waals surface area (Å²) in [5.41, 5.74) is 0.101. The number of hydrogen-bond donors (Lipinski definition) is 2. The molecule has 1 atom stereocenters. The van der Waals surface area contributed by atoms with Crippen LogP contribution >= 0.6 is 22.6 Å². The van der Waals surface area contributed by atoms with Gasteiger partial charge < -0.3 is 15.4 Å². The Kier molecular flexibility index (Phi) is 5.79. The maximum atomic E-state index is 11.9. The first-order chi connectivity index (χ1) is 9.17. The first kappa shape index (κ1) is 16.7. The Hall–Kier alpha value is -1.31. The molecule has 20 heavy (non-hydrogen) atoms. The van der Waals surface area contributed by atoms with Crippen LogP contribution in [0.15, 0.2) is 24.3 Å². The van der Waals surface area contributed by atoms with Gasteiger partial charge in [0.25, 0.3) is 0 Å². The number of amides is 2. The second kappa shape index (κ2) is 6.92. The quantitative estimate of drug-likeness (QED) is 0.780. The van der Waals surface area contributed by atoms with Crippen LogP contribution < -0.4 is 10.6 Å². The van der Waals surface area contributed by atoms with Crippen LogP contribution in [0.1, 0.15) is 27.7 Å². The van der Waals surface area contributed by atoms with E-state index in [1.54, 1.807) is 39.8 Å². The highest BCUT2D eigenvalue weighted by molar-refractivity contribution is 14.1. The normalized spacial score (nSPS) is 12.4. The van der Waals surface area contributed by atoms with Gasteiger partial charge in [0.1, 0.15) is 11.6 Å². The molecule has 0 aliphatic heterocycles. The summed E-state index contributed by atoms with van der Waals surface area (Å²) in [6, 6.07) is 6.72. The summed E-state index contributed by atoms with van der Waals surface area (Å²) in [4.78, 5) is 23.5. The van der Waals surface area contributed by atoms with Crippen molar-refractivity contribution in [2.75, 3.05) is 5.32 Å². The van der Waals surface area contributed by atoms with Gasteiger partial charge in [0.2, 0.25) is 5.91 Å². The lowest BCUT2D eigenvalue weighted by molar-refractivity contribution is -0.117. The molecule has 2 amide bonds. The SMILES string of the molecule is C[C@H](NC(=O)OC(C)(C)C)C(=O)Nc1ccc(I)cc1. The van der Waals surface area contributed by atoms with Crippen LogP contribution in [0.3, 0.4) is 0 Å². The minimum absolute atomic E-state index is 0.294. The van der Waals surface area contributed by atoms with Gasteiger partial charge in [-0.2, -0.15) is 0 Å². The summed E-state index contributed by atoms with van der Waals surface area (Å²) in [5, 5.41) is 5.22. The van der Waals surface area contributed by atoms with E-state index in [0.717, 1.165) is 3.57 Å². The van der Waals surface area contributed by atoms with Crippen LogP contribution in [-0.4, -0.2) is 23.6 Å². The smallest absolute Gasteiger partial charge is 0.408 e. The summed E-state index contributed by atoms with van der Waals surface area (Å²) in [6.45, 7) is 6.90. The fourth-order valence-electron chi connectivity index (χ4n) is 1.33. The van der Waals surface area contributed by atoms with Gasteiger partial charge in [-0.1, -0.05) is 0 Å². The highest BCUT2D eigenvalue weighted by atomic mass is 127. The lowest BCUT2D eigenvalue weighted by atomic mass is 10.2. The fraction of sp³-hybridized carbons (Fsp3) is 0.429. The first-order valence-electron chi connectivity index (χ1n) is 6.23. The molecular weight excluding hydrogens is 371 g/mol. The Labute approximate surface area is 132 Å². The van der Waals surface area contributed by atoms with Crippen LogP contribution in [0.5, 0.6) is 0 Å². The third-order valence-corrected chi connectivity index (χ3v) is 2.96. The third kappa shape index (κ3) is 6.23. The number of alkyl carbamates (subject to hydrolysis) is 1. The van der Waals surface area contributed by atoms with Gasteiger partial charge in [-0.25, -0.2) is 4.79 Å². The largest absolute Gasteiger partial charge is 0.444 e. The molecule has 0 saturated heterocycles. The van der Waals surface area contributed by atoms with E-state index < -0.39 is 17.7 Å². The lowest BCUT2D eigenvalue weighted by Crippen LogP contribution is -2.43. The molecule has 1 rings (SSSR count). The number of benzene rings is 1. The molecule has 0 saturated carbocycles. The molecule has 1 aromatic carbocycles. The molecular formula is C14H19IN2O3. The predicted molar refractivity (Wildman–Crippen MR) is 86.6 cm³/mol. The molecule has 0 aliphatic carbocycles. The molecule has 0 fully saturated rings. The van der Waals surface area contributed by atoms with E-state index in [1.165, 1.54) is 0 Å². The summed E-state index contributed by atoms with van der Waals surface area (Å²) in [7, 11) is 0. The molecule has 0 spiro atoms. The second-order valence-corrected chi connectivity index (χ2v) is 6.61. The van der Waals surface area contributed by atoms with Crippen LogP contribution in [0, 0.1) is 3.57 Å². The standard InChI is InChI=1S/C14H19IN2O3/c1-9(16-13(19)20-14(2,3)4)12(18)17-11-7-5-10(15)6-8-11/h5-9H,1-4H3,(H,16,19)(H,17,18)/t9-/m0/s1. The van der Waals surface area contributed by atoms with Crippen molar-refractivity contribution in [2.24, 2.45) is 0 Å². The number of ether oxygens (including phenoxy) is 1. The molecule has 110 valence electrons. The molecule has 0 aliphatic rings. The second-order valence-electron chi connectivity index (χ2n) is 5.36. The number of anilines is 1. The fourth-order valence-corrected chi connectivity index (χ4v) is 1.69. The van der Waals surface area contributed by atoms with Crippen molar-refractivity contribution in [2.45, 2.75) is 39.3 Å². The van der Waals surface area contributed by atoms with Crippen molar-refractivity contribution < 1.29 is 14.3 Å².